The molecule has 1 heterocycles. The molecular formula is C19H24ClN3O3S. The van der Waals surface area contributed by atoms with Crippen molar-refractivity contribution in [3.05, 3.63) is 39.9 Å². The normalized spacial score (nSPS) is 11.9. The van der Waals surface area contributed by atoms with Gasteiger partial charge in [0.1, 0.15) is 0 Å². The van der Waals surface area contributed by atoms with Gasteiger partial charge in [0.25, 0.3) is 5.91 Å². The molecule has 2 rings (SSSR count). The van der Waals surface area contributed by atoms with Crippen LogP contribution in [0.4, 0.5) is 10.8 Å². The van der Waals surface area contributed by atoms with Gasteiger partial charge >= 0.3 is 5.97 Å². The average Bonchev–Trinajstić information content (AvgIpc) is 3.07. The Morgan fingerprint density at radius 1 is 1.30 bits per heavy atom. The lowest BCUT2D eigenvalue weighted by Crippen LogP contribution is -2.30. The number of nitrogens with one attached hydrogen (secondary N) is 2. The zero-order chi connectivity index (χ0) is 20.0. The Balaban J connectivity index is 1.90. The molecule has 0 unspecified atom stereocenters. The Morgan fingerprint density at radius 3 is 2.74 bits per heavy atom. The summed E-state index contributed by atoms with van der Waals surface area (Å²) in [6, 6.07) is 5.22. The molecule has 1 amide bonds. The molecule has 0 aliphatic heterocycles. The number of halogens is 1. The Morgan fingerprint density at radius 2 is 2.04 bits per heavy atom. The maximum Gasteiger partial charge on any atom is 0.358 e. The highest BCUT2D eigenvalue weighted by Crippen LogP contribution is 2.23. The molecule has 0 spiro atoms. The van der Waals surface area contributed by atoms with Crippen LogP contribution in [-0.4, -0.2) is 29.5 Å². The highest BCUT2D eigenvalue weighted by atomic mass is 35.5. The van der Waals surface area contributed by atoms with Gasteiger partial charge in [-0.15, -0.1) is 11.3 Å². The lowest BCUT2D eigenvalue weighted by atomic mass is 10.1. The fourth-order valence-corrected chi connectivity index (χ4v) is 3.05. The summed E-state index contributed by atoms with van der Waals surface area (Å²) in [6.07, 6.45) is 0.0504. The van der Waals surface area contributed by atoms with Crippen molar-refractivity contribution >= 4 is 45.6 Å². The molecule has 8 heteroatoms. The van der Waals surface area contributed by atoms with Crippen LogP contribution in [0.1, 0.15) is 43.2 Å². The number of amides is 1. The van der Waals surface area contributed by atoms with Crippen LogP contribution < -0.4 is 10.6 Å². The molecule has 27 heavy (non-hydrogen) atoms. The first-order chi connectivity index (χ1) is 12.8. The number of esters is 1. The highest BCUT2D eigenvalue weighted by molar-refractivity contribution is 7.13. The van der Waals surface area contributed by atoms with Crippen molar-refractivity contribution in [1.29, 1.82) is 0 Å². The van der Waals surface area contributed by atoms with Gasteiger partial charge in [0.15, 0.2) is 16.9 Å². The molecule has 0 aliphatic rings. The van der Waals surface area contributed by atoms with Crippen molar-refractivity contribution in [2.75, 3.05) is 17.2 Å². The van der Waals surface area contributed by atoms with E-state index in [0.717, 1.165) is 18.5 Å². The standard InChI is InChI=1S/C19H24ClN3O3S/c1-11(2)8-9-21-19-23-16(10-27-19)18(25)26-13(4)17(24)22-15-7-5-6-14(20)12(15)3/h5-7,10-11,13H,8-9H2,1-4H3,(H,21,23)(H,22,24)/t13-/m0/s1. The number of hydrogen-bond acceptors (Lipinski definition) is 6. The van der Waals surface area contributed by atoms with E-state index in [1.165, 1.54) is 18.3 Å². The monoisotopic (exact) mass is 409 g/mol. The Bertz CT molecular complexity index is 807. The molecule has 1 aromatic heterocycles. The Kier molecular flexibility index (Phi) is 7.62. The first-order valence-corrected chi connectivity index (χ1v) is 10.00. The highest BCUT2D eigenvalue weighted by Gasteiger charge is 2.21. The average molecular weight is 410 g/mol. The van der Waals surface area contributed by atoms with Crippen LogP contribution in [0.2, 0.25) is 5.02 Å². The number of anilines is 2. The summed E-state index contributed by atoms with van der Waals surface area (Å²) in [5, 5.41) is 8.73. The molecule has 0 bridgehead atoms. The van der Waals surface area contributed by atoms with Crippen LogP contribution in [-0.2, 0) is 9.53 Å². The van der Waals surface area contributed by atoms with Crippen molar-refractivity contribution < 1.29 is 14.3 Å². The predicted octanol–water partition coefficient (Wildman–Crippen LogP) is 4.75. The van der Waals surface area contributed by atoms with Gasteiger partial charge in [-0.25, -0.2) is 9.78 Å². The quantitative estimate of drug-likeness (QED) is 0.615. The first-order valence-electron chi connectivity index (χ1n) is 8.74. The number of hydrogen-bond donors (Lipinski definition) is 2. The Labute approximate surface area is 168 Å². The van der Waals surface area contributed by atoms with Gasteiger partial charge in [-0.2, -0.15) is 0 Å². The second kappa shape index (κ2) is 9.71. The number of carbonyl (C=O) groups excluding carboxylic acids is 2. The topological polar surface area (TPSA) is 80.3 Å². The summed E-state index contributed by atoms with van der Waals surface area (Å²) in [5.74, 6) is -0.475. The second-order valence-corrected chi connectivity index (χ2v) is 7.86. The molecule has 0 saturated heterocycles. The molecule has 0 aliphatic carbocycles. The number of carbonyl (C=O) groups is 2. The van der Waals surface area contributed by atoms with Crippen LogP contribution in [0.15, 0.2) is 23.6 Å². The molecule has 0 radical (unpaired) electrons. The van der Waals surface area contributed by atoms with Crippen molar-refractivity contribution in [3.63, 3.8) is 0 Å². The van der Waals surface area contributed by atoms with Crippen LogP contribution >= 0.6 is 22.9 Å². The fraction of sp³-hybridized carbons (Fsp3) is 0.421. The number of nitrogens with zero attached hydrogens (tertiary/aromatic N) is 1. The van der Waals surface area contributed by atoms with Crippen molar-refractivity contribution in [3.8, 4) is 0 Å². The number of aromatic nitrogens is 1. The molecule has 1 aromatic carbocycles. The molecular weight excluding hydrogens is 386 g/mol. The van der Waals surface area contributed by atoms with Gasteiger partial charge in [-0.3, -0.25) is 4.79 Å². The van der Waals surface area contributed by atoms with E-state index in [1.807, 2.05) is 0 Å². The minimum atomic E-state index is -0.963. The first kappa shape index (κ1) is 21.2. The van der Waals surface area contributed by atoms with E-state index in [2.05, 4.69) is 29.5 Å². The largest absolute Gasteiger partial charge is 0.448 e. The maximum atomic E-state index is 12.3. The summed E-state index contributed by atoms with van der Waals surface area (Å²) in [6.45, 7) is 8.39. The number of rotatable bonds is 8. The molecule has 2 aromatic rings. The van der Waals surface area contributed by atoms with E-state index in [1.54, 1.807) is 30.5 Å². The summed E-state index contributed by atoms with van der Waals surface area (Å²) in [4.78, 5) is 28.7. The van der Waals surface area contributed by atoms with Gasteiger partial charge < -0.3 is 15.4 Å². The van der Waals surface area contributed by atoms with E-state index >= 15 is 0 Å². The van der Waals surface area contributed by atoms with Gasteiger partial charge in [0.05, 0.1) is 0 Å². The lowest BCUT2D eigenvalue weighted by Gasteiger charge is -2.14. The van der Waals surface area contributed by atoms with E-state index in [4.69, 9.17) is 16.3 Å². The third kappa shape index (κ3) is 6.22. The fourth-order valence-electron chi connectivity index (χ4n) is 2.17. The Hall–Kier alpha value is -2.12. The van der Waals surface area contributed by atoms with Gasteiger partial charge in [0, 0.05) is 22.6 Å². The SMILES string of the molecule is Cc1c(Cl)cccc1NC(=O)[C@H](C)OC(=O)c1csc(NCCC(C)C)n1. The van der Waals surface area contributed by atoms with Gasteiger partial charge in [-0.1, -0.05) is 31.5 Å². The lowest BCUT2D eigenvalue weighted by molar-refractivity contribution is -0.123. The van der Waals surface area contributed by atoms with Crippen LogP contribution in [0.25, 0.3) is 0 Å². The zero-order valence-electron chi connectivity index (χ0n) is 15.8. The maximum absolute atomic E-state index is 12.3. The van der Waals surface area contributed by atoms with Crippen molar-refractivity contribution in [1.82, 2.24) is 4.98 Å². The summed E-state index contributed by atoms with van der Waals surface area (Å²) in [5.41, 5.74) is 1.52. The molecule has 6 nitrogen and oxygen atoms in total. The van der Waals surface area contributed by atoms with E-state index in [-0.39, 0.29) is 5.69 Å². The predicted molar refractivity (Wildman–Crippen MR) is 110 cm³/mol. The second-order valence-electron chi connectivity index (χ2n) is 6.60. The van der Waals surface area contributed by atoms with Crippen LogP contribution in [0, 0.1) is 12.8 Å². The number of thiazole rings is 1. The minimum absolute atomic E-state index is 0.186. The van der Waals surface area contributed by atoms with Crippen molar-refractivity contribution in [2.45, 2.75) is 40.2 Å². The van der Waals surface area contributed by atoms with Crippen LogP contribution in [0.3, 0.4) is 0 Å². The smallest absolute Gasteiger partial charge is 0.358 e. The summed E-state index contributed by atoms with van der Waals surface area (Å²) < 4.78 is 5.23. The zero-order valence-corrected chi connectivity index (χ0v) is 17.4. The van der Waals surface area contributed by atoms with Crippen LogP contribution in [0.5, 0.6) is 0 Å². The van der Waals surface area contributed by atoms with Gasteiger partial charge in [0.2, 0.25) is 0 Å². The van der Waals surface area contributed by atoms with Crippen molar-refractivity contribution in [2.24, 2.45) is 5.92 Å². The molecule has 1 atom stereocenters. The molecule has 0 fully saturated rings. The van der Waals surface area contributed by atoms with E-state index in [0.29, 0.717) is 21.8 Å². The number of benzene rings is 1. The third-order valence-electron chi connectivity index (χ3n) is 3.89. The third-order valence-corrected chi connectivity index (χ3v) is 5.10. The number of ether oxygens (including phenoxy) is 1. The van der Waals surface area contributed by atoms with Gasteiger partial charge in [-0.05, 0) is 43.9 Å². The molecule has 0 saturated carbocycles. The molecule has 2 N–H and O–H groups in total. The summed E-state index contributed by atoms with van der Waals surface area (Å²) >= 11 is 7.38. The minimum Gasteiger partial charge on any atom is -0.448 e. The van der Waals surface area contributed by atoms with E-state index < -0.39 is 18.0 Å². The molecule has 146 valence electrons. The summed E-state index contributed by atoms with van der Waals surface area (Å²) in [7, 11) is 0. The van der Waals surface area contributed by atoms with E-state index in [9.17, 15) is 9.59 Å².